The van der Waals surface area contributed by atoms with Crippen LogP contribution in [0, 0.1) is 11.8 Å². The fourth-order valence-corrected chi connectivity index (χ4v) is 3.66. The minimum atomic E-state index is -1.07. The topological polar surface area (TPSA) is 115 Å². The molecule has 0 aromatic heterocycles. The summed E-state index contributed by atoms with van der Waals surface area (Å²) in [4.78, 5) is 49.3. The summed E-state index contributed by atoms with van der Waals surface area (Å²) >= 11 is 5.16. The molecule has 0 aromatic carbocycles. The second kappa shape index (κ2) is 7.69. The molecule has 24 heavy (non-hydrogen) atoms. The van der Waals surface area contributed by atoms with E-state index in [1.54, 1.807) is 0 Å². The van der Waals surface area contributed by atoms with E-state index in [0.29, 0.717) is 0 Å². The molecule has 2 fully saturated rings. The highest BCUT2D eigenvalue weighted by Gasteiger charge is 2.47. The molecule has 1 saturated carbocycles. The quantitative estimate of drug-likeness (QED) is 0.509. The lowest BCUT2D eigenvalue weighted by Crippen LogP contribution is -2.61. The Morgan fingerprint density at radius 1 is 0.958 bits per heavy atom. The normalized spacial score (nSPS) is 20.1. The van der Waals surface area contributed by atoms with E-state index in [-0.39, 0.29) is 37.0 Å². The Hall–Kier alpha value is -2.03. The fourth-order valence-electron chi connectivity index (χ4n) is 3.30. The summed E-state index contributed by atoms with van der Waals surface area (Å²) < 4.78 is 0. The van der Waals surface area contributed by atoms with Crippen LogP contribution in [-0.4, -0.2) is 62.0 Å². The van der Waals surface area contributed by atoms with Crippen molar-refractivity contribution in [3.8, 4) is 0 Å². The summed E-state index contributed by atoms with van der Waals surface area (Å²) in [5.74, 6) is -4.03. The van der Waals surface area contributed by atoms with Crippen molar-refractivity contribution in [1.82, 2.24) is 9.80 Å². The molecule has 1 heterocycles. The van der Waals surface area contributed by atoms with E-state index in [0.717, 1.165) is 35.5 Å². The maximum absolute atomic E-state index is 12.7. The lowest BCUT2D eigenvalue weighted by molar-refractivity contribution is -0.150. The molecular weight excluding hydrogens is 336 g/mol. The third-order valence-corrected chi connectivity index (χ3v) is 4.94. The first-order valence-electron chi connectivity index (χ1n) is 7.93. The van der Waals surface area contributed by atoms with E-state index in [4.69, 9.17) is 22.4 Å². The molecule has 8 nitrogen and oxygen atoms in total. The molecule has 2 aliphatic rings. The highest BCUT2D eigenvalue weighted by molar-refractivity contribution is 7.80. The zero-order chi connectivity index (χ0) is 17.9. The van der Waals surface area contributed by atoms with Gasteiger partial charge in [-0.3, -0.25) is 29.0 Å². The number of aliphatic carboxylic acids is 2. The molecule has 2 rings (SSSR count). The monoisotopic (exact) mass is 356 g/mol. The molecule has 0 radical (unpaired) electrons. The van der Waals surface area contributed by atoms with Gasteiger partial charge < -0.3 is 10.2 Å². The predicted octanol–water partition coefficient (Wildman–Crippen LogP) is 0.698. The Bertz CT molecular complexity index is 532. The number of carboxylic acid groups (broad SMARTS) is 2. The zero-order valence-corrected chi connectivity index (χ0v) is 14.0. The second-order valence-electron chi connectivity index (χ2n) is 6.07. The molecule has 1 saturated heterocycles. The third-order valence-electron chi connectivity index (χ3n) is 4.50. The van der Waals surface area contributed by atoms with Gasteiger partial charge in [-0.25, -0.2) is 0 Å². The van der Waals surface area contributed by atoms with E-state index in [2.05, 4.69) is 0 Å². The molecule has 0 atom stereocenters. The highest BCUT2D eigenvalue weighted by atomic mass is 32.1. The molecule has 0 aromatic rings. The van der Waals surface area contributed by atoms with Crippen LogP contribution in [0.5, 0.6) is 0 Å². The van der Waals surface area contributed by atoms with Crippen LogP contribution in [0.3, 0.4) is 0 Å². The van der Waals surface area contributed by atoms with Gasteiger partial charge in [0.1, 0.15) is 5.92 Å². The third kappa shape index (κ3) is 3.89. The Morgan fingerprint density at radius 3 is 1.75 bits per heavy atom. The van der Waals surface area contributed by atoms with Crippen LogP contribution in [-0.2, 0) is 19.2 Å². The van der Waals surface area contributed by atoms with Crippen molar-refractivity contribution in [2.45, 2.75) is 38.5 Å². The van der Waals surface area contributed by atoms with E-state index in [1.807, 2.05) is 0 Å². The van der Waals surface area contributed by atoms with Crippen LogP contribution in [0.15, 0.2) is 0 Å². The van der Waals surface area contributed by atoms with E-state index in [9.17, 15) is 19.2 Å². The van der Waals surface area contributed by atoms with Crippen molar-refractivity contribution >= 4 is 41.1 Å². The number of amides is 2. The van der Waals surface area contributed by atoms with Crippen LogP contribution < -0.4 is 0 Å². The summed E-state index contributed by atoms with van der Waals surface area (Å²) in [7, 11) is 0. The molecule has 0 bridgehead atoms. The van der Waals surface area contributed by atoms with Gasteiger partial charge in [-0.2, -0.15) is 0 Å². The lowest BCUT2D eigenvalue weighted by Gasteiger charge is -2.40. The molecule has 1 aliphatic heterocycles. The van der Waals surface area contributed by atoms with Gasteiger partial charge in [0.25, 0.3) is 0 Å². The van der Waals surface area contributed by atoms with Crippen molar-refractivity contribution in [3.63, 3.8) is 0 Å². The summed E-state index contributed by atoms with van der Waals surface area (Å²) in [5, 5.41) is 17.6. The Balaban J connectivity index is 2.24. The number of carbonyl (C=O) groups is 4. The second-order valence-corrected chi connectivity index (χ2v) is 6.44. The number of thiocarbonyl (C=S) groups is 1. The van der Waals surface area contributed by atoms with Gasteiger partial charge in [0.05, 0.1) is 12.8 Å². The standard InChI is InChI=1S/C15H20N2O6S/c18-10(19)5-7-16-13(22)12(9-3-1-2-4-9)14(23)17(15(16)24)8-6-11(20)21/h9,12H,1-8H2,(H,18,19)(H,20,21). The first-order valence-corrected chi connectivity index (χ1v) is 8.34. The van der Waals surface area contributed by atoms with Crippen molar-refractivity contribution in [3.05, 3.63) is 0 Å². The van der Waals surface area contributed by atoms with Gasteiger partial charge >= 0.3 is 11.9 Å². The maximum atomic E-state index is 12.7. The molecule has 9 heteroatoms. The number of carbonyl (C=O) groups excluding carboxylic acids is 2. The fraction of sp³-hybridized carbons (Fsp3) is 0.667. The summed E-state index contributed by atoms with van der Waals surface area (Å²) in [6.45, 7) is -0.236. The van der Waals surface area contributed by atoms with E-state index < -0.39 is 29.7 Å². The Kier molecular flexibility index (Phi) is 5.87. The lowest BCUT2D eigenvalue weighted by atomic mass is 9.87. The summed E-state index contributed by atoms with van der Waals surface area (Å²) in [5.41, 5.74) is 0. The van der Waals surface area contributed by atoms with Gasteiger partial charge in [0, 0.05) is 13.1 Å². The Morgan fingerprint density at radius 2 is 1.38 bits per heavy atom. The van der Waals surface area contributed by atoms with E-state index >= 15 is 0 Å². The largest absolute Gasteiger partial charge is 0.481 e. The summed E-state index contributed by atoms with van der Waals surface area (Å²) in [6.07, 6.45) is 2.82. The van der Waals surface area contributed by atoms with Gasteiger partial charge in [0.2, 0.25) is 11.8 Å². The van der Waals surface area contributed by atoms with Gasteiger partial charge in [-0.1, -0.05) is 12.8 Å². The maximum Gasteiger partial charge on any atom is 0.305 e. The molecule has 132 valence electrons. The molecular formula is C15H20N2O6S. The molecule has 1 aliphatic carbocycles. The number of carboxylic acids is 2. The van der Waals surface area contributed by atoms with Crippen LogP contribution >= 0.6 is 12.2 Å². The van der Waals surface area contributed by atoms with Gasteiger partial charge in [0.15, 0.2) is 5.11 Å². The number of hydrogen-bond acceptors (Lipinski definition) is 5. The average molecular weight is 356 g/mol. The first-order chi connectivity index (χ1) is 11.3. The molecule has 0 spiro atoms. The van der Waals surface area contributed by atoms with Crippen LogP contribution in [0.2, 0.25) is 0 Å². The predicted molar refractivity (Wildman–Crippen MR) is 86.0 cm³/mol. The minimum absolute atomic E-state index is 0.0900. The minimum Gasteiger partial charge on any atom is -0.481 e. The van der Waals surface area contributed by atoms with Gasteiger partial charge in [-0.05, 0) is 31.0 Å². The van der Waals surface area contributed by atoms with Crippen molar-refractivity contribution < 1.29 is 29.4 Å². The zero-order valence-electron chi connectivity index (χ0n) is 13.1. The van der Waals surface area contributed by atoms with Crippen LogP contribution in [0.1, 0.15) is 38.5 Å². The summed E-state index contributed by atoms with van der Waals surface area (Å²) in [6, 6.07) is 0. The van der Waals surface area contributed by atoms with Crippen LogP contribution in [0.25, 0.3) is 0 Å². The SMILES string of the molecule is O=C(O)CCN1C(=O)C(C2CCCC2)C(=O)N(CCC(=O)O)C1=S. The van der Waals surface area contributed by atoms with E-state index in [1.165, 1.54) is 0 Å². The smallest absolute Gasteiger partial charge is 0.305 e. The first kappa shape index (κ1) is 18.3. The van der Waals surface area contributed by atoms with Crippen molar-refractivity contribution in [1.29, 1.82) is 0 Å². The highest BCUT2D eigenvalue weighted by Crippen LogP contribution is 2.36. The number of rotatable bonds is 7. The number of nitrogens with zero attached hydrogens (tertiary/aromatic N) is 2. The molecule has 2 amide bonds. The van der Waals surface area contributed by atoms with Gasteiger partial charge in [-0.15, -0.1) is 0 Å². The van der Waals surface area contributed by atoms with Crippen LogP contribution in [0.4, 0.5) is 0 Å². The molecule has 0 unspecified atom stereocenters. The molecule has 2 N–H and O–H groups in total. The van der Waals surface area contributed by atoms with Crippen molar-refractivity contribution in [2.24, 2.45) is 11.8 Å². The average Bonchev–Trinajstić information content (AvgIpc) is 3.00. The van der Waals surface area contributed by atoms with Crippen molar-refractivity contribution in [2.75, 3.05) is 13.1 Å². The Labute approximate surface area is 144 Å². The number of hydrogen-bond donors (Lipinski definition) is 2.